The summed E-state index contributed by atoms with van der Waals surface area (Å²) in [5, 5.41) is 0. The minimum absolute atomic E-state index is 0.280. The van der Waals surface area contributed by atoms with Crippen molar-refractivity contribution in [2.45, 2.75) is 26.7 Å². The third kappa shape index (κ3) is 4.92. The number of carbonyl (C=O) groups excluding carboxylic acids is 2. The molecule has 0 bridgehead atoms. The minimum atomic E-state index is -0.391. The molecule has 0 spiro atoms. The molecule has 4 nitrogen and oxygen atoms in total. The van der Waals surface area contributed by atoms with E-state index in [1.807, 2.05) is 44.2 Å². The zero-order valence-corrected chi connectivity index (χ0v) is 15.2. The largest absolute Gasteiger partial charge is 0.469 e. The molecule has 0 fully saturated rings. The molecule has 0 aliphatic carbocycles. The van der Waals surface area contributed by atoms with Crippen LogP contribution in [0.1, 0.15) is 32.6 Å². The fraction of sp³-hybridized carbons (Fsp3) is 0.333. The highest BCUT2D eigenvalue weighted by molar-refractivity contribution is 5.91. The number of hydrogen-bond donors (Lipinski definition) is 0. The van der Waals surface area contributed by atoms with E-state index in [1.165, 1.54) is 14.2 Å². The van der Waals surface area contributed by atoms with Gasteiger partial charge in [0.2, 0.25) is 0 Å². The van der Waals surface area contributed by atoms with Crippen LogP contribution < -0.4 is 0 Å². The summed E-state index contributed by atoms with van der Waals surface area (Å²) in [7, 11) is 2.75. The number of esters is 2. The number of carbonyl (C=O) groups is 2. The van der Waals surface area contributed by atoms with Gasteiger partial charge in [0.1, 0.15) is 0 Å². The molecule has 0 saturated carbocycles. The molecule has 0 aliphatic rings. The van der Waals surface area contributed by atoms with E-state index in [4.69, 9.17) is 9.47 Å². The molecule has 132 valence electrons. The van der Waals surface area contributed by atoms with Gasteiger partial charge in [-0.05, 0) is 43.9 Å². The van der Waals surface area contributed by atoms with Crippen molar-refractivity contribution >= 4 is 11.9 Å². The van der Waals surface area contributed by atoms with Crippen LogP contribution in [0.25, 0.3) is 0 Å². The maximum absolute atomic E-state index is 12.3. The molecule has 25 heavy (non-hydrogen) atoms. The normalized spacial score (nSPS) is 11.7. The molecular formula is C21H24O4. The standard InChI is InChI=1S/C21H24O4/c1-14-6-5-7-16(10-14)12-18(20(22)24-3)13-17-9-8-15(2)11-19(17)21(23)25-4/h5-11,18H,12-13H2,1-4H3. The third-order valence-electron chi connectivity index (χ3n) is 4.24. The van der Waals surface area contributed by atoms with Crippen LogP contribution in [0.4, 0.5) is 0 Å². The Balaban J connectivity index is 2.31. The van der Waals surface area contributed by atoms with Crippen LogP contribution in [-0.4, -0.2) is 26.2 Å². The van der Waals surface area contributed by atoms with E-state index in [0.717, 1.165) is 22.3 Å². The van der Waals surface area contributed by atoms with E-state index in [9.17, 15) is 9.59 Å². The summed E-state index contributed by atoms with van der Waals surface area (Å²) >= 11 is 0. The van der Waals surface area contributed by atoms with Crippen LogP contribution >= 0.6 is 0 Å². The number of benzene rings is 2. The quantitative estimate of drug-likeness (QED) is 0.753. The fourth-order valence-corrected chi connectivity index (χ4v) is 2.96. The zero-order valence-electron chi connectivity index (χ0n) is 15.2. The molecule has 0 aliphatic heterocycles. The first-order chi connectivity index (χ1) is 11.9. The van der Waals surface area contributed by atoms with E-state index in [2.05, 4.69) is 6.07 Å². The highest BCUT2D eigenvalue weighted by Crippen LogP contribution is 2.21. The molecule has 0 aromatic heterocycles. The molecule has 0 saturated heterocycles. The first-order valence-corrected chi connectivity index (χ1v) is 8.25. The average molecular weight is 340 g/mol. The van der Waals surface area contributed by atoms with Gasteiger partial charge in [0.15, 0.2) is 0 Å². The van der Waals surface area contributed by atoms with E-state index in [-0.39, 0.29) is 11.9 Å². The van der Waals surface area contributed by atoms with Gasteiger partial charge < -0.3 is 9.47 Å². The van der Waals surface area contributed by atoms with Crippen molar-refractivity contribution in [3.05, 3.63) is 70.3 Å². The number of rotatable bonds is 6. The van der Waals surface area contributed by atoms with Gasteiger partial charge in [0.25, 0.3) is 0 Å². The SMILES string of the molecule is COC(=O)c1cc(C)ccc1CC(Cc1cccc(C)c1)C(=O)OC. The van der Waals surface area contributed by atoms with Gasteiger partial charge in [0.05, 0.1) is 25.7 Å². The first-order valence-electron chi connectivity index (χ1n) is 8.25. The summed E-state index contributed by atoms with van der Waals surface area (Å²) in [6.45, 7) is 3.94. The highest BCUT2D eigenvalue weighted by Gasteiger charge is 2.23. The van der Waals surface area contributed by atoms with Gasteiger partial charge in [-0.25, -0.2) is 4.79 Å². The Morgan fingerprint density at radius 2 is 1.64 bits per heavy atom. The van der Waals surface area contributed by atoms with Crippen LogP contribution in [0.3, 0.4) is 0 Å². The predicted octanol–water partition coefficient (Wildman–Crippen LogP) is 3.66. The molecule has 2 aromatic rings. The second-order valence-corrected chi connectivity index (χ2v) is 6.27. The van der Waals surface area contributed by atoms with Crippen LogP contribution in [0.2, 0.25) is 0 Å². The van der Waals surface area contributed by atoms with Gasteiger partial charge in [-0.1, -0.05) is 47.5 Å². The Bertz CT molecular complexity index is 764. The molecule has 2 rings (SSSR count). The Hall–Kier alpha value is -2.62. The molecule has 2 aromatic carbocycles. The monoisotopic (exact) mass is 340 g/mol. The lowest BCUT2D eigenvalue weighted by Gasteiger charge is -2.17. The Kier molecular flexibility index (Phi) is 6.34. The molecular weight excluding hydrogens is 316 g/mol. The van der Waals surface area contributed by atoms with Gasteiger partial charge in [-0.2, -0.15) is 0 Å². The molecule has 0 heterocycles. The molecule has 0 radical (unpaired) electrons. The lowest BCUT2D eigenvalue weighted by Crippen LogP contribution is -2.22. The molecule has 0 amide bonds. The number of hydrogen-bond acceptors (Lipinski definition) is 4. The lowest BCUT2D eigenvalue weighted by atomic mass is 9.89. The topological polar surface area (TPSA) is 52.6 Å². The number of ether oxygens (including phenoxy) is 2. The maximum atomic E-state index is 12.3. The summed E-state index contributed by atoms with van der Waals surface area (Å²) in [6.07, 6.45) is 0.980. The number of methoxy groups -OCH3 is 2. The zero-order chi connectivity index (χ0) is 18.4. The van der Waals surface area contributed by atoms with Gasteiger partial charge in [-0.15, -0.1) is 0 Å². The van der Waals surface area contributed by atoms with E-state index >= 15 is 0 Å². The smallest absolute Gasteiger partial charge is 0.338 e. The Morgan fingerprint density at radius 1 is 0.920 bits per heavy atom. The summed E-state index contributed by atoms with van der Waals surface area (Å²) in [4.78, 5) is 24.4. The van der Waals surface area contributed by atoms with Crippen LogP contribution in [0.15, 0.2) is 42.5 Å². The second-order valence-electron chi connectivity index (χ2n) is 6.27. The van der Waals surface area contributed by atoms with Crippen LogP contribution in [0, 0.1) is 19.8 Å². The first kappa shape index (κ1) is 18.7. The van der Waals surface area contributed by atoms with Gasteiger partial charge >= 0.3 is 11.9 Å². The summed E-state index contributed by atoms with van der Waals surface area (Å²) in [6, 6.07) is 13.7. The Morgan fingerprint density at radius 3 is 2.28 bits per heavy atom. The van der Waals surface area contributed by atoms with Crippen molar-refractivity contribution in [2.75, 3.05) is 14.2 Å². The van der Waals surface area contributed by atoms with Crippen molar-refractivity contribution in [1.29, 1.82) is 0 Å². The molecule has 0 N–H and O–H groups in total. The Labute approximate surface area is 148 Å². The van der Waals surface area contributed by atoms with E-state index in [0.29, 0.717) is 18.4 Å². The van der Waals surface area contributed by atoms with Crippen molar-refractivity contribution in [3.63, 3.8) is 0 Å². The second kappa shape index (κ2) is 8.47. The summed E-state index contributed by atoms with van der Waals surface area (Å²) in [5.41, 5.74) is 4.48. The average Bonchev–Trinajstić information content (AvgIpc) is 2.61. The molecule has 4 heteroatoms. The molecule has 1 atom stereocenters. The van der Waals surface area contributed by atoms with Crippen molar-refractivity contribution in [3.8, 4) is 0 Å². The number of aryl methyl sites for hydroxylation is 2. The van der Waals surface area contributed by atoms with E-state index in [1.54, 1.807) is 6.07 Å². The highest BCUT2D eigenvalue weighted by atomic mass is 16.5. The van der Waals surface area contributed by atoms with Crippen molar-refractivity contribution in [1.82, 2.24) is 0 Å². The maximum Gasteiger partial charge on any atom is 0.338 e. The van der Waals surface area contributed by atoms with E-state index < -0.39 is 5.97 Å². The van der Waals surface area contributed by atoms with Crippen LogP contribution in [0.5, 0.6) is 0 Å². The van der Waals surface area contributed by atoms with Crippen molar-refractivity contribution in [2.24, 2.45) is 5.92 Å². The minimum Gasteiger partial charge on any atom is -0.469 e. The predicted molar refractivity (Wildman–Crippen MR) is 96.6 cm³/mol. The molecule has 1 unspecified atom stereocenters. The van der Waals surface area contributed by atoms with Crippen molar-refractivity contribution < 1.29 is 19.1 Å². The van der Waals surface area contributed by atoms with Gasteiger partial charge in [0, 0.05) is 0 Å². The van der Waals surface area contributed by atoms with Gasteiger partial charge in [-0.3, -0.25) is 4.79 Å². The summed E-state index contributed by atoms with van der Waals surface area (Å²) < 4.78 is 9.86. The third-order valence-corrected chi connectivity index (χ3v) is 4.24. The lowest BCUT2D eigenvalue weighted by molar-refractivity contribution is -0.145. The fourth-order valence-electron chi connectivity index (χ4n) is 2.96. The van der Waals surface area contributed by atoms with Crippen LogP contribution in [-0.2, 0) is 27.1 Å². The summed E-state index contributed by atoms with van der Waals surface area (Å²) in [5.74, 6) is -1.03.